The zero-order valence-electron chi connectivity index (χ0n) is 5.07. The Labute approximate surface area is 46.5 Å². The van der Waals surface area contributed by atoms with E-state index in [0.717, 1.165) is 6.60 Å². The van der Waals surface area contributed by atoms with E-state index in [0.29, 0.717) is 0 Å². The molecule has 0 atom stereocenters. The maximum Gasteiger partial charge on any atom is 0.130 e. The molecule has 7 heavy (non-hydrogen) atoms. The van der Waals surface area contributed by atoms with Crippen molar-refractivity contribution in [1.82, 2.24) is 0 Å². The van der Waals surface area contributed by atoms with Crippen molar-refractivity contribution in [3.63, 3.8) is 0 Å². The summed E-state index contributed by atoms with van der Waals surface area (Å²) in [7, 11) is 2.29. The molecule has 0 spiro atoms. The maximum absolute atomic E-state index is 2.34. The van der Waals surface area contributed by atoms with Crippen LogP contribution in [0.15, 0.2) is 11.5 Å². The van der Waals surface area contributed by atoms with Gasteiger partial charge in [0.2, 0.25) is 0 Å². The molecule has 0 aliphatic carbocycles. The van der Waals surface area contributed by atoms with Gasteiger partial charge in [-0.05, 0) is 6.42 Å². The minimum Gasteiger partial charge on any atom is -0.117 e. The lowest BCUT2D eigenvalue weighted by Gasteiger charge is -1.93. The van der Waals surface area contributed by atoms with E-state index in [9.17, 15) is 0 Å². The van der Waals surface area contributed by atoms with Gasteiger partial charge in [0, 0.05) is 0 Å². The Morgan fingerprint density at radius 2 is 2.57 bits per heavy atom. The molecule has 0 saturated heterocycles. The summed E-state index contributed by atoms with van der Waals surface area (Å²) in [4.78, 5) is 0. The molecule has 0 saturated carbocycles. The van der Waals surface area contributed by atoms with Crippen molar-refractivity contribution in [1.29, 1.82) is 0 Å². The average molecular weight is 91.8 g/mol. The predicted octanol–water partition coefficient (Wildman–Crippen LogP) is 0.500. The topological polar surface area (TPSA) is 0 Å². The van der Waals surface area contributed by atoms with Gasteiger partial charge in [-0.3, -0.25) is 0 Å². The Kier molecular flexibility index (Phi) is 1.27. The Morgan fingerprint density at radius 3 is 2.71 bits per heavy atom. The van der Waals surface area contributed by atoms with Crippen molar-refractivity contribution in [2.24, 2.45) is 0 Å². The van der Waals surface area contributed by atoms with Crippen LogP contribution in [0.5, 0.6) is 0 Å². The van der Waals surface area contributed by atoms with Gasteiger partial charge in [0.05, 0.1) is 7.74 Å². The van der Waals surface area contributed by atoms with Crippen LogP contribution in [0.3, 0.4) is 0 Å². The minimum atomic E-state index is 0.875. The number of hydrogen-bond donors (Lipinski definition) is 0. The van der Waals surface area contributed by atoms with E-state index in [-0.39, 0.29) is 0 Å². The fourth-order valence-electron chi connectivity index (χ4n) is 0.990. The Bertz CT molecular complexity index is 96.3. The summed E-state index contributed by atoms with van der Waals surface area (Å²) >= 11 is 0. The molecule has 0 amide bonds. The smallest absolute Gasteiger partial charge is 0.117 e. The summed E-state index contributed by atoms with van der Waals surface area (Å²) in [6, 6.07) is 0. The molecular weight excluding hydrogens is 81.7 g/mol. The van der Waals surface area contributed by atoms with Crippen molar-refractivity contribution in [2.75, 3.05) is 0 Å². The van der Waals surface area contributed by atoms with Crippen LogP contribution in [0.25, 0.3) is 0 Å². The van der Waals surface area contributed by atoms with Gasteiger partial charge in [-0.2, -0.15) is 0 Å². The van der Waals surface area contributed by atoms with E-state index in [1.807, 2.05) is 0 Å². The second-order valence-electron chi connectivity index (χ2n) is 2.43. The lowest BCUT2D eigenvalue weighted by atomic mass is 9.29. The molecule has 0 N–H and O–H groups in total. The molecule has 0 aromatic rings. The van der Waals surface area contributed by atoms with Crippen LogP contribution in [-0.4, -0.2) is 14.3 Å². The highest BCUT2D eigenvalue weighted by Crippen LogP contribution is 2.14. The fraction of sp³-hybridized carbons (Fsp3) is 0.600. The molecule has 0 bridgehead atoms. The standard InChI is InChI=1S/C5H10B2/c1-5-3-2-4-7(5)6/h3H,2,4,6H2,1H3. The Morgan fingerprint density at radius 1 is 1.86 bits per heavy atom. The first-order valence-electron chi connectivity index (χ1n) is 2.97. The van der Waals surface area contributed by atoms with E-state index in [2.05, 4.69) is 20.7 Å². The summed E-state index contributed by atoms with van der Waals surface area (Å²) in [5, 5.41) is 0. The summed E-state index contributed by atoms with van der Waals surface area (Å²) in [5.74, 6) is 0. The van der Waals surface area contributed by atoms with Gasteiger partial charge in [-0.1, -0.05) is 19.3 Å². The quantitative estimate of drug-likeness (QED) is 0.381. The second kappa shape index (κ2) is 1.77. The highest BCUT2D eigenvalue weighted by atomic mass is 13.9. The van der Waals surface area contributed by atoms with E-state index in [1.54, 1.807) is 5.47 Å². The van der Waals surface area contributed by atoms with E-state index in [1.165, 1.54) is 12.7 Å². The molecule has 0 nitrogen and oxygen atoms in total. The van der Waals surface area contributed by atoms with E-state index in [4.69, 9.17) is 0 Å². The van der Waals surface area contributed by atoms with Crippen LogP contribution in [0.2, 0.25) is 6.32 Å². The third-order valence-corrected chi connectivity index (χ3v) is 1.84. The molecular formula is C5H10B2. The van der Waals surface area contributed by atoms with Gasteiger partial charge in [0.1, 0.15) is 6.60 Å². The van der Waals surface area contributed by atoms with Crippen LogP contribution < -0.4 is 0 Å². The molecule has 1 aliphatic heterocycles. The van der Waals surface area contributed by atoms with Crippen LogP contribution >= 0.6 is 0 Å². The largest absolute Gasteiger partial charge is 0.130 e. The monoisotopic (exact) mass is 92.1 g/mol. The highest BCUT2D eigenvalue weighted by Gasteiger charge is 2.11. The molecule has 0 radical (unpaired) electrons. The first-order chi connectivity index (χ1) is 3.30. The van der Waals surface area contributed by atoms with Crippen molar-refractivity contribution in [2.45, 2.75) is 19.7 Å². The SMILES string of the molecule is BB1CCC=C1C. The summed E-state index contributed by atoms with van der Waals surface area (Å²) in [6.07, 6.45) is 5.03. The van der Waals surface area contributed by atoms with Crippen LogP contribution in [0, 0.1) is 0 Å². The Balaban J connectivity index is 2.54. The van der Waals surface area contributed by atoms with Crippen LogP contribution in [0.1, 0.15) is 13.3 Å². The van der Waals surface area contributed by atoms with Crippen molar-refractivity contribution in [3.8, 4) is 0 Å². The summed E-state index contributed by atoms with van der Waals surface area (Å²) in [5.41, 5.74) is 1.58. The molecule has 0 fully saturated rings. The van der Waals surface area contributed by atoms with E-state index < -0.39 is 0 Å². The number of allylic oxidation sites excluding steroid dienone is 2. The van der Waals surface area contributed by atoms with Crippen molar-refractivity contribution >= 4 is 14.3 Å². The lowest BCUT2D eigenvalue weighted by Crippen LogP contribution is -2.08. The first-order valence-corrected chi connectivity index (χ1v) is 2.97. The molecule has 1 aliphatic rings. The summed E-state index contributed by atoms with van der Waals surface area (Å²) < 4.78 is 0. The average Bonchev–Trinajstić information content (AvgIpc) is 1.91. The Hall–Kier alpha value is -0.130. The normalized spacial score (nSPS) is 20.1. The zero-order valence-corrected chi connectivity index (χ0v) is 5.07. The minimum absolute atomic E-state index is 0.875. The zero-order chi connectivity index (χ0) is 5.28. The molecule has 36 valence electrons. The van der Waals surface area contributed by atoms with Crippen molar-refractivity contribution in [3.05, 3.63) is 11.5 Å². The molecule has 0 unspecified atom stereocenters. The van der Waals surface area contributed by atoms with Gasteiger partial charge in [0.15, 0.2) is 0 Å². The highest BCUT2D eigenvalue weighted by molar-refractivity contribution is 7.07. The van der Waals surface area contributed by atoms with Crippen LogP contribution in [0.4, 0.5) is 0 Å². The summed E-state index contributed by atoms with van der Waals surface area (Å²) in [6.45, 7) is 3.09. The maximum atomic E-state index is 2.34. The van der Waals surface area contributed by atoms with Crippen molar-refractivity contribution < 1.29 is 0 Å². The van der Waals surface area contributed by atoms with E-state index >= 15 is 0 Å². The second-order valence-corrected chi connectivity index (χ2v) is 2.43. The molecule has 0 aromatic heterocycles. The third kappa shape index (κ3) is 0.902. The predicted molar refractivity (Wildman–Crippen MR) is 37.5 cm³/mol. The number of rotatable bonds is 0. The molecule has 1 heterocycles. The molecule has 1 rings (SSSR count). The van der Waals surface area contributed by atoms with Gasteiger partial charge >= 0.3 is 0 Å². The molecule has 2 heteroatoms. The van der Waals surface area contributed by atoms with Gasteiger partial charge in [-0.15, -0.1) is 5.47 Å². The van der Waals surface area contributed by atoms with Gasteiger partial charge in [-0.25, -0.2) is 0 Å². The molecule has 0 aromatic carbocycles. The van der Waals surface area contributed by atoms with Crippen LogP contribution in [-0.2, 0) is 0 Å². The number of hydrogen-bond acceptors (Lipinski definition) is 0. The van der Waals surface area contributed by atoms with Gasteiger partial charge < -0.3 is 0 Å². The third-order valence-electron chi connectivity index (χ3n) is 1.84. The fourth-order valence-corrected chi connectivity index (χ4v) is 0.990. The van der Waals surface area contributed by atoms with Gasteiger partial charge in [0.25, 0.3) is 0 Å². The lowest BCUT2D eigenvalue weighted by molar-refractivity contribution is 1.23. The first kappa shape index (κ1) is 5.02.